The van der Waals surface area contributed by atoms with Gasteiger partial charge < -0.3 is 15.0 Å². The maximum Gasteiger partial charge on any atom is 0.214 e. The fourth-order valence-electron chi connectivity index (χ4n) is 3.32. The number of hydrogen-bond acceptors (Lipinski definition) is 4. The highest BCUT2D eigenvalue weighted by atomic mass is 16.5. The van der Waals surface area contributed by atoms with Gasteiger partial charge in [0.2, 0.25) is 5.88 Å². The van der Waals surface area contributed by atoms with Crippen LogP contribution in [0.15, 0.2) is 73.1 Å². The van der Waals surface area contributed by atoms with Crippen LogP contribution in [-0.2, 0) is 0 Å². The highest BCUT2D eigenvalue weighted by Crippen LogP contribution is 2.28. The number of nitrogens with zero attached hydrogens (tertiary/aromatic N) is 1. The second-order valence-electron chi connectivity index (χ2n) is 6.69. The molecule has 5 heteroatoms. The van der Waals surface area contributed by atoms with Crippen molar-refractivity contribution in [2.24, 2.45) is 0 Å². The van der Waals surface area contributed by atoms with Gasteiger partial charge in [-0.3, -0.25) is 4.79 Å². The number of H-pyrrole nitrogens is 1. The Balaban J connectivity index is 1.75. The minimum absolute atomic E-state index is 0.00270. The van der Waals surface area contributed by atoms with Crippen molar-refractivity contribution in [1.29, 1.82) is 0 Å². The van der Waals surface area contributed by atoms with E-state index in [0.29, 0.717) is 11.4 Å². The quantitative estimate of drug-likeness (QED) is 0.472. The second kappa shape index (κ2) is 7.56. The number of aryl methyl sites for hydroxylation is 1. The third-order valence-electron chi connectivity index (χ3n) is 4.75. The summed E-state index contributed by atoms with van der Waals surface area (Å²) in [6.07, 6.45) is 3.44. The normalized spacial score (nSPS) is 11.9. The van der Waals surface area contributed by atoms with Crippen LogP contribution in [0.25, 0.3) is 10.9 Å². The Morgan fingerprint density at radius 2 is 1.93 bits per heavy atom. The van der Waals surface area contributed by atoms with Gasteiger partial charge in [-0.05, 0) is 30.2 Å². The van der Waals surface area contributed by atoms with Crippen molar-refractivity contribution < 1.29 is 9.53 Å². The minimum Gasteiger partial charge on any atom is -0.481 e. The van der Waals surface area contributed by atoms with Gasteiger partial charge in [-0.1, -0.05) is 42.5 Å². The Morgan fingerprint density at radius 3 is 2.71 bits per heavy atom. The number of nitrogens with one attached hydrogen (secondary N) is 2. The number of hydrogen-bond donors (Lipinski definition) is 2. The number of aromatic nitrogens is 2. The smallest absolute Gasteiger partial charge is 0.214 e. The molecule has 1 atom stereocenters. The largest absolute Gasteiger partial charge is 0.481 e. The van der Waals surface area contributed by atoms with Crippen LogP contribution in [-0.4, -0.2) is 22.9 Å². The molecule has 2 N–H and O–H groups in total. The van der Waals surface area contributed by atoms with E-state index in [-0.39, 0.29) is 5.78 Å². The van der Waals surface area contributed by atoms with Crippen molar-refractivity contribution in [2.45, 2.75) is 13.0 Å². The molecule has 4 aromatic rings. The van der Waals surface area contributed by atoms with E-state index in [1.807, 2.05) is 61.5 Å². The van der Waals surface area contributed by atoms with Gasteiger partial charge in [0.15, 0.2) is 5.78 Å². The third-order valence-corrected chi connectivity index (χ3v) is 4.75. The number of anilines is 1. The van der Waals surface area contributed by atoms with Crippen LogP contribution in [0.1, 0.15) is 27.5 Å². The van der Waals surface area contributed by atoms with Crippen LogP contribution in [0.5, 0.6) is 5.88 Å². The summed E-state index contributed by atoms with van der Waals surface area (Å²) in [5.41, 5.74) is 4.43. The number of aromatic amines is 1. The van der Waals surface area contributed by atoms with E-state index in [0.717, 1.165) is 27.7 Å². The molecule has 0 aliphatic carbocycles. The number of carbonyl (C=O) groups is 1. The molecule has 28 heavy (non-hydrogen) atoms. The number of benzene rings is 2. The molecular weight excluding hydrogens is 350 g/mol. The first-order valence-electron chi connectivity index (χ1n) is 9.09. The molecule has 2 aromatic heterocycles. The standard InChI is InChI=1S/C23H21N3O2/c1-15-8-9-18-19(14-25-20(18)12-15)23(27)22(16-6-4-3-5-7-16)26-17-10-11-24-21(13-17)28-2/h3-14,22,25H,1-2H3,(H,24,26). The van der Waals surface area contributed by atoms with Gasteiger partial charge in [0.1, 0.15) is 6.04 Å². The van der Waals surface area contributed by atoms with E-state index < -0.39 is 6.04 Å². The zero-order chi connectivity index (χ0) is 19.5. The van der Waals surface area contributed by atoms with Crippen LogP contribution in [0, 0.1) is 6.92 Å². The molecule has 0 saturated heterocycles. The SMILES string of the molecule is COc1cc(NC(C(=O)c2c[nH]c3cc(C)ccc23)c2ccccc2)ccn1. The fraction of sp³-hybridized carbons (Fsp3) is 0.130. The second-order valence-corrected chi connectivity index (χ2v) is 6.69. The van der Waals surface area contributed by atoms with Crippen LogP contribution < -0.4 is 10.1 Å². The van der Waals surface area contributed by atoms with E-state index in [1.54, 1.807) is 25.6 Å². The molecule has 0 amide bonds. The van der Waals surface area contributed by atoms with Gasteiger partial charge in [0, 0.05) is 40.6 Å². The highest BCUT2D eigenvalue weighted by Gasteiger charge is 2.24. The Morgan fingerprint density at radius 1 is 1.11 bits per heavy atom. The lowest BCUT2D eigenvalue weighted by molar-refractivity contribution is 0.0971. The summed E-state index contributed by atoms with van der Waals surface area (Å²) in [5, 5.41) is 4.27. The number of ketones is 1. The summed E-state index contributed by atoms with van der Waals surface area (Å²) in [6.45, 7) is 2.03. The summed E-state index contributed by atoms with van der Waals surface area (Å²) in [7, 11) is 1.57. The fourth-order valence-corrected chi connectivity index (χ4v) is 3.32. The van der Waals surface area contributed by atoms with Crippen molar-refractivity contribution in [3.63, 3.8) is 0 Å². The van der Waals surface area contributed by atoms with Crippen LogP contribution in [0.4, 0.5) is 5.69 Å². The first-order chi connectivity index (χ1) is 13.7. The van der Waals surface area contributed by atoms with Gasteiger partial charge in [0.05, 0.1) is 7.11 Å². The molecule has 0 saturated carbocycles. The molecular formula is C23H21N3O2. The molecule has 0 aliphatic heterocycles. The number of methoxy groups -OCH3 is 1. The molecule has 5 nitrogen and oxygen atoms in total. The lowest BCUT2D eigenvalue weighted by atomic mass is 9.96. The molecule has 0 fully saturated rings. The van der Waals surface area contributed by atoms with Gasteiger partial charge in [-0.15, -0.1) is 0 Å². The van der Waals surface area contributed by atoms with Crippen LogP contribution in [0.2, 0.25) is 0 Å². The number of fused-ring (bicyclic) bond motifs is 1. The first kappa shape index (κ1) is 17.8. The van der Waals surface area contributed by atoms with Gasteiger partial charge >= 0.3 is 0 Å². The summed E-state index contributed by atoms with van der Waals surface area (Å²) >= 11 is 0. The number of pyridine rings is 1. The van der Waals surface area contributed by atoms with E-state index >= 15 is 0 Å². The lowest BCUT2D eigenvalue weighted by Crippen LogP contribution is -2.21. The van der Waals surface area contributed by atoms with E-state index in [4.69, 9.17) is 4.74 Å². The average Bonchev–Trinajstić information content (AvgIpc) is 3.15. The molecule has 0 spiro atoms. The molecule has 2 aromatic carbocycles. The summed E-state index contributed by atoms with van der Waals surface area (Å²) < 4.78 is 5.20. The maximum atomic E-state index is 13.5. The van der Waals surface area contributed by atoms with Gasteiger partial charge in [-0.2, -0.15) is 0 Å². The minimum atomic E-state index is -0.534. The molecule has 0 radical (unpaired) electrons. The number of rotatable bonds is 6. The van der Waals surface area contributed by atoms with Crippen molar-refractivity contribution in [3.8, 4) is 5.88 Å². The Hall–Kier alpha value is -3.60. The Bertz CT molecular complexity index is 1120. The lowest BCUT2D eigenvalue weighted by Gasteiger charge is -2.19. The predicted molar refractivity (Wildman–Crippen MR) is 111 cm³/mol. The topological polar surface area (TPSA) is 67.0 Å². The summed E-state index contributed by atoms with van der Waals surface area (Å²) in [4.78, 5) is 20.9. The zero-order valence-electron chi connectivity index (χ0n) is 15.8. The van der Waals surface area contributed by atoms with Gasteiger partial charge in [0.25, 0.3) is 0 Å². The third kappa shape index (κ3) is 3.47. The number of carbonyl (C=O) groups excluding carboxylic acids is 1. The van der Waals surface area contributed by atoms with E-state index in [1.165, 1.54) is 0 Å². The first-order valence-corrected chi connectivity index (χ1v) is 9.09. The Kier molecular flexibility index (Phi) is 4.81. The number of ether oxygens (including phenoxy) is 1. The van der Waals surface area contributed by atoms with E-state index in [9.17, 15) is 4.79 Å². The summed E-state index contributed by atoms with van der Waals surface area (Å²) in [5.74, 6) is 0.490. The molecule has 2 heterocycles. The molecule has 0 aliphatic rings. The maximum absolute atomic E-state index is 13.5. The van der Waals surface area contributed by atoms with E-state index in [2.05, 4.69) is 15.3 Å². The molecule has 4 rings (SSSR count). The molecule has 0 bridgehead atoms. The predicted octanol–water partition coefficient (Wildman–Crippen LogP) is 4.92. The van der Waals surface area contributed by atoms with Crippen LogP contribution >= 0.6 is 0 Å². The van der Waals surface area contributed by atoms with Crippen LogP contribution in [0.3, 0.4) is 0 Å². The van der Waals surface area contributed by atoms with Crippen molar-refractivity contribution in [3.05, 3.63) is 89.7 Å². The zero-order valence-corrected chi connectivity index (χ0v) is 15.8. The van der Waals surface area contributed by atoms with Crippen molar-refractivity contribution in [1.82, 2.24) is 9.97 Å². The van der Waals surface area contributed by atoms with Crippen molar-refractivity contribution >= 4 is 22.4 Å². The average molecular weight is 371 g/mol. The summed E-state index contributed by atoms with van der Waals surface area (Å²) in [6, 6.07) is 18.8. The monoisotopic (exact) mass is 371 g/mol. The van der Waals surface area contributed by atoms with Crippen molar-refractivity contribution in [2.75, 3.05) is 12.4 Å². The molecule has 1 unspecified atom stereocenters. The van der Waals surface area contributed by atoms with Gasteiger partial charge in [-0.25, -0.2) is 4.98 Å². The highest BCUT2D eigenvalue weighted by molar-refractivity contribution is 6.11. The molecule has 140 valence electrons. The number of Topliss-reactive ketones (excluding diaryl/α,β-unsaturated/α-hetero) is 1. The Labute approximate surface area is 163 Å².